The molecular formula is C8H5F11O2. The van der Waals surface area contributed by atoms with Gasteiger partial charge in [-0.1, -0.05) is 0 Å². The molecule has 13 heteroatoms. The van der Waals surface area contributed by atoms with E-state index in [0.29, 0.717) is 0 Å². The van der Waals surface area contributed by atoms with E-state index in [9.17, 15) is 48.3 Å². The molecular weight excluding hydrogens is 337 g/mol. The quantitative estimate of drug-likeness (QED) is 0.560. The van der Waals surface area contributed by atoms with Crippen LogP contribution < -0.4 is 0 Å². The van der Waals surface area contributed by atoms with Crippen LogP contribution >= 0.6 is 0 Å². The molecule has 0 aromatic heterocycles. The molecule has 1 rings (SSSR count). The lowest BCUT2D eigenvalue weighted by Gasteiger charge is -2.34. The lowest BCUT2D eigenvalue weighted by Crippen LogP contribution is -2.59. The van der Waals surface area contributed by atoms with Crippen LogP contribution in [0.5, 0.6) is 0 Å². The van der Waals surface area contributed by atoms with Crippen molar-refractivity contribution in [2.45, 2.75) is 42.8 Å². The summed E-state index contributed by atoms with van der Waals surface area (Å²) >= 11 is 0. The van der Waals surface area contributed by atoms with Crippen LogP contribution in [0, 0.1) is 0 Å². The maximum absolute atomic E-state index is 13.4. The fourth-order valence-corrected chi connectivity index (χ4v) is 1.13. The molecule has 1 aliphatic rings. The van der Waals surface area contributed by atoms with Gasteiger partial charge in [-0.15, -0.1) is 0 Å². The average molecular weight is 342 g/mol. The van der Waals surface area contributed by atoms with Gasteiger partial charge in [-0.2, -0.15) is 43.9 Å². The van der Waals surface area contributed by atoms with Crippen LogP contribution in [0.4, 0.5) is 48.3 Å². The molecule has 0 saturated carbocycles. The summed E-state index contributed by atoms with van der Waals surface area (Å²) in [6.45, 7) is -0.508. The molecule has 1 aliphatic heterocycles. The molecule has 1 saturated heterocycles. The Bertz CT molecular complexity index is 383. The van der Waals surface area contributed by atoms with E-state index in [-0.39, 0.29) is 0 Å². The molecule has 0 aromatic carbocycles. The number of epoxide rings is 1. The first-order chi connectivity index (χ1) is 9.04. The van der Waals surface area contributed by atoms with Crippen LogP contribution in [0.3, 0.4) is 0 Å². The van der Waals surface area contributed by atoms with E-state index in [2.05, 4.69) is 9.47 Å². The van der Waals surface area contributed by atoms with Crippen molar-refractivity contribution in [1.82, 2.24) is 0 Å². The largest absolute Gasteiger partial charge is 0.462 e. The van der Waals surface area contributed by atoms with Crippen molar-refractivity contribution >= 4 is 0 Å². The monoisotopic (exact) mass is 342 g/mol. The minimum absolute atomic E-state index is 0.508. The van der Waals surface area contributed by atoms with Gasteiger partial charge in [0.25, 0.3) is 0 Å². The van der Waals surface area contributed by atoms with E-state index >= 15 is 0 Å². The Labute approximate surface area is 108 Å². The molecule has 0 unspecified atom stereocenters. The molecule has 0 amide bonds. The number of halogens is 11. The van der Waals surface area contributed by atoms with Crippen molar-refractivity contribution in [1.29, 1.82) is 0 Å². The second-order valence-corrected chi connectivity index (χ2v) is 4.08. The summed E-state index contributed by atoms with van der Waals surface area (Å²) in [7, 11) is 0. The summed E-state index contributed by atoms with van der Waals surface area (Å²) in [6.07, 6.45) is -23.6. The zero-order valence-corrected chi connectivity index (χ0v) is 9.47. The summed E-state index contributed by atoms with van der Waals surface area (Å²) in [5.74, 6) is -12.4. The van der Waals surface area contributed by atoms with Gasteiger partial charge in [0.2, 0.25) is 0 Å². The van der Waals surface area contributed by atoms with Gasteiger partial charge < -0.3 is 4.74 Å². The van der Waals surface area contributed by atoms with Gasteiger partial charge in [-0.25, -0.2) is 4.39 Å². The van der Waals surface area contributed by atoms with Gasteiger partial charge in [0.05, 0.1) is 12.7 Å². The van der Waals surface area contributed by atoms with Crippen molar-refractivity contribution in [3.63, 3.8) is 0 Å². The van der Waals surface area contributed by atoms with Gasteiger partial charge in [0.1, 0.15) is 0 Å². The summed E-state index contributed by atoms with van der Waals surface area (Å²) in [4.78, 5) is 0. The number of alkyl halides is 11. The predicted octanol–water partition coefficient (Wildman–Crippen LogP) is 3.81. The van der Waals surface area contributed by atoms with E-state index in [0.717, 1.165) is 0 Å². The predicted molar refractivity (Wildman–Crippen MR) is 41.3 cm³/mol. The molecule has 1 fully saturated rings. The molecule has 2 nitrogen and oxygen atoms in total. The highest BCUT2D eigenvalue weighted by Crippen LogP contribution is 2.52. The van der Waals surface area contributed by atoms with E-state index < -0.39 is 49.4 Å². The zero-order chi connectivity index (χ0) is 16.9. The van der Waals surface area contributed by atoms with E-state index in [1.54, 1.807) is 0 Å². The van der Waals surface area contributed by atoms with Crippen molar-refractivity contribution in [3.8, 4) is 0 Å². The molecule has 0 spiro atoms. The fourth-order valence-electron chi connectivity index (χ4n) is 1.13. The maximum atomic E-state index is 13.4. The molecule has 126 valence electrons. The molecule has 21 heavy (non-hydrogen) atoms. The molecule has 0 radical (unpaired) electrons. The molecule has 0 aliphatic carbocycles. The summed E-state index contributed by atoms with van der Waals surface area (Å²) in [5.41, 5.74) is 0. The third-order valence-electron chi connectivity index (χ3n) is 2.33. The Hall–Kier alpha value is -0.850. The topological polar surface area (TPSA) is 21.8 Å². The normalized spacial score (nSPS) is 23.9. The average Bonchev–Trinajstić information content (AvgIpc) is 2.96. The number of rotatable bonds is 5. The van der Waals surface area contributed by atoms with Crippen LogP contribution in [0.25, 0.3) is 0 Å². The van der Waals surface area contributed by atoms with Gasteiger partial charge in [-0.3, -0.25) is 4.74 Å². The smallest absolute Gasteiger partial charge is 0.373 e. The van der Waals surface area contributed by atoms with E-state index in [1.807, 2.05) is 0 Å². The van der Waals surface area contributed by atoms with Crippen LogP contribution in [0.2, 0.25) is 0 Å². The molecule has 0 N–H and O–H groups in total. The summed E-state index contributed by atoms with van der Waals surface area (Å²) in [6, 6.07) is 0. The number of ether oxygens (including phenoxy) is 2. The Morgan fingerprint density at radius 3 is 1.52 bits per heavy atom. The minimum atomic E-state index is -7.02. The second-order valence-electron chi connectivity index (χ2n) is 4.08. The Kier molecular flexibility index (Phi) is 4.18. The number of hydrogen-bond donors (Lipinski definition) is 0. The third-order valence-corrected chi connectivity index (χ3v) is 2.33. The van der Waals surface area contributed by atoms with Gasteiger partial charge in [0.15, 0.2) is 0 Å². The SMILES string of the molecule is FC(F)(F)C(F)(F)C(F)(F)O[C@@](F)(C[C@H]1CO1)C(F)(F)F. The highest BCUT2D eigenvalue weighted by atomic mass is 19.4. The van der Waals surface area contributed by atoms with Crippen molar-refractivity contribution < 1.29 is 57.8 Å². The highest BCUT2D eigenvalue weighted by molar-refractivity contribution is 4.91. The molecule has 0 bridgehead atoms. The maximum Gasteiger partial charge on any atom is 0.462 e. The van der Waals surface area contributed by atoms with Gasteiger partial charge in [0, 0.05) is 6.42 Å². The molecule has 2 atom stereocenters. The van der Waals surface area contributed by atoms with Gasteiger partial charge >= 0.3 is 30.2 Å². The summed E-state index contributed by atoms with van der Waals surface area (Å²) < 4.78 is 142. The first kappa shape index (κ1) is 18.2. The standard InChI is InChI=1S/C8H5F11O2/c9-4(6(12,13)14,1-3-2-20-3)21-8(18,19)5(10,11)7(15,16)17/h3H,1-2H2/t3-,4-/m0/s1. The van der Waals surface area contributed by atoms with E-state index in [4.69, 9.17) is 0 Å². The first-order valence-electron chi connectivity index (χ1n) is 4.93. The van der Waals surface area contributed by atoms with Crippen molar-refractivity contribution in [3.05, 3.63) is 0 Å². The second kappa shape index (κ2) is 4.83. The molecule has 0 aromatic rings. The Morgan fingerprint density at radius 2 is 1.24 bits per heavy atom. The van der Waals surface area contributed by atoms with Gasteiger partial charge in [-0.05, 0) is 0 Å². The third kappa shape index (κ3) is 3.49. The van der Waals surface area contributed by atoms with Crippen LogP contribution in [0.1, 0.15) is 6.42 Å². The zero-order valence-electron chi connectivity index (χ0n) is 9.47. The van der Waals surface area contributed by atoms with Crippen molar-refractivity contribution in [2.75, 3.05) is 6.61 Å². The fraction of sp³-hybridized carbons (Fsp3) is 1.00. The summed E-state index contributed by atoms with van der Waals surface area (Å²) in [5, 5.41) is 0. The number of hydrogen-bond acceptors (Lipinski definition) is 2. The first-order valence-corrected chi connectivity index (χ1v) is 4.93. The lowest BCUT2D eigenvalue weighted by atomic mass is 10.1. The van der Waals surface area contributed by atoms with Crippen molar-refractivity contribution in [2.24, 2.45) is 0 Å². The lowest BCUT2D eigenvalue weighted by molar-refractivity contribution is -0.484. The Balaban J connectivity index is 3.07. The Morgan fingerprint density at radius 1 is 0.810 bits per heavy atom. The minimum Gasteiger partial charge on any atom is -0.373 e. The van der Waals surface area contributed by atoms with Crippen LogP contribution in [-0.4, -0.2) is 42.9 Å². The van der Waals surface area contributed by atoms with Crippen LogP contribution in [0.15, 0.2) is 0 Å². The van der Waals surface area contributed by atoms with Crippen LogP contribution in [-0.2, 0) is 9.47 Å². The molecule has 1 heterocycles. The highest BCUT2D eigenvalue weighted by Gasteiger charge is 2.78. The van der Waals surface area contributed by atoms with E-state index in [1.165, 1.54) is 0 Å².